The SMILES string of the molecule is NCCCCNCc1cccc(F)c1O. The van der Waals surface area contributed by atoms with Gasteiger partial charge in [0.25, 0.3) is 0 Å². The van der Waals surface area contributed by atoms with E-state index in [1.165, 1.54) is 6.07 Å². The Morgan fingerprint density at radius 3 is 2.87 bits per heavy atom. The van der Waals surface area contributed by atoms with Crippen LogP contribution in [0.15, 0.2) is 18.2 Å². The zero-order valence-electron chi connectivity index (χ0n) is 8.67. The number of benzene rings is 1. The number of nitrogens with two attached hydrogens (primary N) is 1. The highest BCUT2D eigenvalue weighted by molar-refractivity contribution is 5.33. The molecular formula is C11H17FN2O. The highest BCUT2D eigenvalue weighted by Crippen LogP contribution is 2.20. The molecule has 4 N–H and O–H groups in total. The first-order valence-corrected chi connectivity index (χ1v) is 5.13. The molecular weight excluding hydrogens is 195 g/mol. The maximum absolute atomic E-state index is 12.9. The summed E-state index contributed by atoms with van der Waals surface area (Å²) in [6.07, 6.45) is 1.97. The van der Waals surface area contributed by atoms with E-state index in [9.17, 15) is 9.50 Å². The van der Waals surface area contributed by atoms with Crippen LogP contribution in [0.25, 0.3) is 0 Å². The molecule has 0 aliphatic rings. The minimum atomic E-state index is -0.573. The first kappa shape index (κ1) is 11.9. The van der Waals surface area contributed by atoms with E-state index in [4.69, 9.17) is 5.73 Å². The van der Waals surface area contributed by atoms with Crippen molar-refractivity contribution in [2.75, 3.05) is 13.1 Å². The van der Waals surface area contributed by atoms with Crippen LogP contribution in [0.1, 0.15) is 18.4 Å². The van der Waals surface area contributed by atoms with Crippen molar-refractivity contribution in [1.82, 2.24) is 5.32 Å². The monoisotopic (exact) mass is 212 g/mol. The highest BCUT2D eigenvalue weighted by Gasteiger charge is 2.04. The number of para-hydroxylation sites is 1. The molecule has 0 radical (unpaired) electrons. The van der Waals surface area contributed by atoms with Gasteiger partial charge in [0.2, 0.25) is 0 Å². The van der Waals surface area contributed by atoms with Crippen LogP contribution in [0.2, 0.25) is 0 Å². The molecule has 4 heteroatoms. The number of hydrogen-bond donors (Lipinski definition) is 3. The molecule has 0 atom stereocenters. The normalized spacial score (nSPS) is 10.5. The van der Waals surface area contributed by atoms with Gasteiger partial charge < -0.3 is 16.2 Å². The molecule has 0 aliphatic carbocycles. The Balaban J connectivity index is 2.34. The lowest BCUT2D eigenvalue weighted by Gasteiger charge is -2.06. The fraction of sp³-hybridized carbons (Fsp3) is 0.455. The van der Waals surface area contributed by atoms with E-state index >= 15 is 0 Å². The first-order chi connectivity index (χ1) is 7.25. The van der Waals surface area contributed by atoms with Crippen molar-refractivity contribution >= 4 is 0 Å². The summed E-state index contributed by atoms with van der Waals surface area (Å²) in [6.45, 7) is 1.99. The van der Waals surface area contributed by atoms with Crippen molar-refractivity contribution < 1.29 is 9.50 Å². The van der Waals surface area contributed by atoms with Crippen LogP contribution >= 0.6 is 0 Å². The summed E-state index contributed by atoms with van der Waals surface area (Å²) in [7, 11) is 0. The van der Waals surface area contributed by atoms with Crippen LogP contribution in [-0.4, -0.2) is 18.2 Å². The summed E-state index contributed by atoms with van der Waals surface area (Å²) >= 11 is 0. The molecule has 0 saturated carbocycles. The fourth-order valence-electron chi connectivity index (χ4n) is 1.32. The van der Waals surface area contributed by atoms with Gasteiger partial charge in [-0.2, -0.15) is 0 Å². The number of halogens is 1. The van der Waals surface area contributed by atoms with E-state index in [1.807, 2.05) is 0 Å². The second-order valence-electron chi connectivity index (χ2n) is 3.42. The Hall–Kier alpha value is -1.13. The summed E-state index contributed by atoms with van der Waals surface area (Å²) in [5, 5.41) is 12.5. The van der Waals surface area contributed by atoms with E-state index in [0.717, 1.165) is 19.4 Å². The molecule has 0 aliphatic heterocycles. The molecule has 0 bridgehead atoms. The van der Waals surface area contributed by atoms with Crippen molar-refractivity contribution in [3.05, 3.63) is 29.6 Å². The molecule has 84 valence electrons. The molecule has 3 nitrogen and oxygen atoms in total. The van der Waals surface area contributed by atoms with Crippen LogP contribution in [0.4, 0.5) is 4.39 Å². The second-order valence-corrected chi connectivity index (χ2v) is 3.42. The summed E-state index contributed by atoms with van der Waals surface area (Å²) < 4.78 is 12.9. The van der Waals surface area contributed by atoms with Crippen LogP contribution in [-0.2, 0) is 6.54 Å². The zero-order valence-corrected chi connectivity index (χ0v) is 8.67. The predicted octanol–water partition coefficient (Wildman–Crippen LogP) is 1.36. The lowest BCUT2D eigenvalue weighted by molar-refractivity contribution is 0.423. The predicted molar refractivity (Wildman–Crippen MR) is 58.1 cm³/mol. The lowest BCUT2D eigenvalue weighted by Crippen LogP contribution is -2.16. The fourth-order valence-corrected chi connectivity index (χ4v) is 1.32. The topological polar surface area (TPSA) is 58.3 Å². The number of rotatable bonds is 6. The summed E-state index contributed by atoms with van der Waals surface area (Å²) in [5.74, 6) is -0.833. The molecule has 0 amide bonds. The minimum Gasteiger partial charge on any atom is -0.505 e. The molecule has 0 spiro atoms. The molecule has 0 saturated heterocycles. The average molecular weight is 212 g/mol. The molecule has 0 aromatic heterocycles. The van der Waals surface area contributed by atoms with Gasteiger partial charge >= 0.3 is 0 Å². The van der Waals surface area contributed by atoms with Crippen molar-refractivity contribution in [2.24, 2.45) is 5.73 Å². The van der Waals surface area contributed by atoms with Gasteiger partial charge in [0.1, 0.15) is 0 Å². The van der Waals surface area contributed by atoms with Gasteiger partial charge in [-0.05, 0) is 32.0 Å². The molecule has 1 aromatic carbocycles. The van der Waals surface area contributed by atoms with Crippen LogP contribution in [0.5, 0.6) is 5.75 Å². The Bertz CT molecular complexity index is 305. The number of phenolic OH excluding ortho intramolecular Hbond substituents is 1. The van der Waals surface area contributed by atoms with Gasteiger partial charge in [-0.15, -0.1) is 0 Å². The largest absolute Gasteiger partial charge is 0.505 e. The van der Waals surface area contributed by atoms with Crippen molar-refractivity contribution in [3.8, 4) is 5.75 Å². The van der Waals surface area contributed by atoms with Gasteiger partial charge in [0.05, 0.1) is 0 Å². The Kier molecular flexibility index (Phi) is 5.07. The van der Waals surface area contributed by atoms with Crippen LogP contribution in [0.3, 0.4) is 0 Å². The van der Waals surface area contributed by atoms with Crippen molar-refractivity contribution in [1.29, 1.82) is 0 Å². The van der Waals surface area contributed by atoms with E-state index in [0.29, 0.717) is 18.7 Å². The van der Waals surface area contributed by atoms with Crippen molar-refractivity contribution in [3.63, 3.8) is 0 Å². The van der Waals surface area contributed by atoms with Crippen molar-refractivity contribution in [2.45, 2.75) is 19.4 Å². The lowest BCUT2D eigenvalue weighted by atomic mass is 10.2. The highest BCUT2D eigenvalue weighted by atomic mass is 19.1. The number of unbranched alkanes of at least 4 members (excludes halogenated alkanes) is 1. The summed E-state index contributed by atoms with van der Waals surface area (Å²) in [6, 6.07) is 4.54. The molecule has 15 heavy (non-hydrogen) atoms. The minimum absolute atomic E-state index is 0.260. The second kappa shape index (κ2) is 6.37. The molecule has 0 heterocycles. The first-order valence-electron chi connectivity index (χ1n) is 5.13. The van der Waals surface area contributed by atoms with Gasteiger partial charge in [0.15, 0.2) is 11.6 Å². The Morgan fingerprint density at radius 1 is 1.33 bits per heavy atom. The Labute approximate surface area is 89.1 Å². The number of phenols is 1. The maximum atomic E-state index is 12.9. The molecule has 0 fully saturated rings. The van der Waals surface area contributed by atoms with Gasteiger partial charge in [0, 0.05) is 12.1 Å². The van der Waals surface area contributed by atoms with Gasteiger partial charge in [-0.3, -0.25) is 0 Å². The molecule has 1 rings (SSSR count). The molecule has 0 unspecified atom stereocenters. The third-order valence-electron chi connectivity index (χ3n) is 2.19. The summed E-state index contributed by atoms with van der Waals surface area (Å²) in [5.41, 5.74) is 5.93. The quantitative estimate of drug-likeness (QED) is 0.624. The van der Waals surface area contributed by atoms with Gasteiger partial charge in [-0.25, -0.2) is 4.39 Å². The van der Waals surface area contributed by atoms with Crippen LogP contribution < -0.4 is 11.1 Å². The van der Waals surface area contributed by atoms with E-state index < -0.39 is 5.82 Å². The third kappa shape index (κ3) is 3.85. The number of aromatic hydroxyl groups is 1. The Morgan fingerprint density at radius 2 is 2.13 bits per heavy atom. The van der Waals surface area contributed by atoms with Gasteiger partial charge in [-0.1, -0.05) is 12.1 Å². The summed E-state index contributed by atoms with van der Waals surface area (Å²) in [4.78, 5) is 0. The number of hydrogen-bond acceptors (Lipinski definition) is 3. The third-order valence-corrected chi connectivity index (χ3v) is 2.19. The van der Waals surface area contributed by atoms with E-state index in [-0.39, 0.29) is 5.75 Å². The van der Waals surface area contributed by atoms with E-state index in [1.54, 1.807) is 12.1 Å². The maximum Gasteiger partial charge on any atom is 0.165 e. The van der Waals surface area contributed by atoms with Crippen LogP contribution in [0, 0.1) is 5.82 Å². The zero-order chi connectivity index (χ0) is 11.1. The number of nitrogens with one attached hydrogen (secondary N) is 1. The standard InChI is InChI=1S/C11H17FN2O/c12-10-5-3-4-9(11(10)15)8-14-7-2-1-6-13/h3-5,14-15H,1-2,6-8,13H2. The smallest absolute Gasteiger partial charge is 0.165 e. The van der Waals surface area contributed by atoms with E-state index in [2.05, 4.69) is 5.32 Å². The molecule has 1 aromatic rings. The average Bonchev–Trinajstić information content (AvgIpc) is 2.24.